The molecule has 25 heavy (non-hydrogen) atoms. The lowest BCUT2D eigenvalue weighted by molar-refractivity contribution is -0.121. The number of thiophene rings is 1. The molecule has 2 heterocycles. The minimum Gasteiger partial charge on any atom is -0.356 e. The summed E-state index contributed by atoms with van der Waals surface area (Å²) in [7, 11) is 0. The molecule has 0 saturated heterocycles. The van der Waals surface area contributed by atoms with Crippen LogP contribution in [0.25, 0.3) is 10.9 Å². The van der Waals surface area contributed by atoms with Crippen molar-refractivity contribution in [2.24, 2.45) is 0 Å². The first-order chi connectivity index (χ1) is 12.1. The summed E-state index contributed by atoms with van der Waals surface area (Å²) in [5.41, 5.74) is 1.21. The molecule has 1 aromatic carbocycles. The number of carbonyl (C=O) groups is 2. The maximum atomic E-state index is 12.0. The number of nitrogens with one attached hydrogen (secondary N) is 1. The Bertz CT molecular complexity index is 879. The second kappa shape index (κ2) is 8.12. The van der Waals surface area contributed by atoms with Crippen LogP contribution in [0.4, 0.5) is 0 Å². The summed E-state index contributed by atoms with van der Waals surface area (Å²) < 4.78 is 2.20. The predicted octanol–water partition coefficient (Wildman–Crippen LogP) is 4.18. The van der Waals surface area contributed by atoms with Crippen molar-refractivity contribution in [3.05, 3.63) is 58.4 Å². The van der Waals surface area contributed by atoms with E-state index in [1.54, 1.807) is 0 Å². The molecule has 0 radical (unpaired) electrons. The lowest BCUT2D eigenvalue weighted by Gasteiger charge is -2.07. The fourth-order valence-corrected chi connectivity index (χ4v) is 3.67. The largest absolute Gasteiger partial charge is 0.356 e. The normalized spacial score (nSPS) is 10.9. The summed E-state index contributed by atoms with van der Waals surface area (Å²) in [4.78, 5) is 25.7. The molecule has 0 fully saturated rings. The van der Waals surface area contributed by atoms with Gasteiger partial charge in [0.15, 0.2) is 5.78 Å². The van der Waals surface area contributed by atoms with Crippen molar-refractivity contribution >= 4 is 33.9 Å². The van der Waals surface area contributed by atoms with E-state index in [0.717, 1.165) is 22.7 Å². The van der Waals surface area contributed by atoms with Crippen LogP contribution in [0, 0.1) is 6.92 Å². The van der Waals surface area contributed by atoms with Gasteiger partial charge in [-0.05, 0) is 43.0 Å². The van der Waals surface area contributed by atoms with Gasteiger partial charge < -0.3 is 9.88 Å². The zero-order valence-electron chi connectivity index (χ0n) is 14.3. The Hall–Kier alpha value is -2.40. The van der Waals surface area contributed by atoms with Crippen molar-refractivity contribution < 1.29 is 9.59 Å². The van der Waals surface area contributed by atoms with E-state index < -0.39 is 0 Å². The number of aryl methyl sites for hydroxylation is 2. The van der Waals surface area contributed by atoms with Gasteiger partial charge in [-0.1, -0.05) is 18.2 Å². The third-order valence-corrected chi connectivity index (χ3v) is 5.21. The Balaban J connectivity index is 1.37. The monoisotopic (exact) mass is 354 g/mol. The standard InChI is InChI=1S/C20H22N2O2S/c1-15-7-9-19(25-15)18(23)8-10-20(24)21-12-4-13-22-14-11-16-5-2-3-6-17(16)22/h2-3,5-7,9,11,14H,4,8,10,12-13H2,1H3,(H,21,24). The second-order valence-electron chi connectivity index (χ2n) is 6.10. The van der Waals surface area contributed by atoms with Crippen molar-refractivity contribution in [3.8, 4) is 0 Å². The highest BCUT2D eigenvalue weighted by molar-refractivity contribution is 7.14. The fraction of sp³-hybridized carbons (Fsp3) is 0.300. The molecule has 1 N–H and O–H groups in total. The molecule has 4 nitrogen and oxygen atoms in total. The van der Waals surface area contributed by atoms with Gasteiger partial charge in [0, 0.05) is 42.5 Å². The zero-order chi connectivity index (χ0) is 17.6. The van der Waals surface area contributed by atoms with Gasteiger partial charge in [0.05, 0.1) is 4.88 Å². The molecule has 0 aliphatic carbocycles. The van der Waals surface area contributed by atoms with Gasteiger partial charge in [0.25, 0.3) is 0 Å². The summed E-state index contributed by atoms with van der Waals surface area (Å²) in [6, 6.07) is 14.1. The zero-order valence-corrected chi connectivity index (χ0v) is 15.1. The average Bonchev–Trinajstić information content (AvgIpc) is 3.23. The summed E-state index contributed by atoms with van der Waals surface area (Å²) in [5.74, 6) is -0.00828. The number of nitrogens with zero attached hydrogens (tertiary/aromatic N) is 1. The van der Waals surface area contributed by atoms with Gasteiger partial charge in [-0.2, -0.15) is 0 Å². The van der Waals surface area contributed by atoms with E-state index in [0.29, 0.717) is 6.54 Å². The number of aromatic nitrogens is 1. The fourth-order valence-electron chi connectivity index (χ4n) is 2.84. The minimum atomic E-state index is -0.0565. The van der Waals surface area contributed by atoms with Crippen LogP contribution in [-0.4, -0.2) is 22.8 Å². The van der Waals surface area contributed by atoms with Crippen LogP contribution in [0.2, 0.25) is 0 Å². The van der Waals surface area contributed by atoms with Crippen molar-refractivity contribution in [3.63, 3.8) is 0 Å². The van der Waals surface area contributed by atoms with Crippen molar-refractivity contribution in [2.75, 3.05) is 6.54 Å². The van der Waals surface area contributed by atoms with Gasteiger partial charge in [-0.25, -0.2) is 0 Å². The molecule has 0 spiro atoms. The molecular weight excluding hydrogens is 332 g/mol. The van der Waals surface area contributed by atoms with Crippen molar-refractivity contribution in [1.29, 1.82) is 0 Å². The van der Waals surface area contributed by atoms with Crippen LogP contribution in [0.1, 0.15) is 33.8 Å². The number of carbonyl (C=O) groups excluding carboxylic acids is 2. The third-order valence-electron chi connectivity index (χ3n) is 4.17. The number of ketones is 1. The second-order valence-corrected chi connectivity index (χ2v) is 7.39. The van der Waals surface area contributed by atoms with Crippen molar-refractivity contribution in [2.45, 2.75) is 32.7 Å². The van der Waals surface area contributed by atoms with E-state index in [4.69, 9.17) is 0 Å². The molecule has 3 aromatic rings. The highest BCUT2D eigenvalue weighted by atomic mass is 32.1. The number of hydrogen-bond donors (Lipinski definition) is 1. The maximum absolute atomic E-state index is 12.0. The van der Waals surface area contributed by atoms with Crippen LogP contribution in [0.5, 0.6) is 0 Å². The van der Waals surface area contributed by atoms with E-state index in [1.165, 1.54) is 22.2 Å². The lowest BCUT2D eigenvalue weighted by Crippen LogP contribution is -2.25. The highest BCUT2D eigenvalue weighted by Gasteiger charge is 2.10. The molecule has 0 bridgehead atoms. The predicted molar refractivity (Wildman–Crippen MR) is 102 cm³/mol. The van der Waals surface area contributed by atoms with Crippen molar-refractivity contribution in [1.82, 2.24) is 9.88 Å². The maximum Gasteiger partial charge on any atom is 0.220 e. The number of fused-ring (bicyclic) bond motifs is 1. The molecule has 3 rings (SSSR count). The molecule has 0 aliphatic rings. The van der Waals surface area contributed by atoms with Gasteiger partial charge >= 0.3 is 0 Å². The summed E-state index contributed by atoms with van der Waals surface area (Å²) in [6.07, 6.45) is 3.47. The molecule has 130 valence electrons. The van der Waals surface area contributed by atoms with E-state index in [9.17, 15) is 9.59 Å². The van der Waals surface area contributed by atoms with Gasteiger partial charge in [0.1, 0.15) is 0 Å². The number of amides is 1. The molecule has 2 aromatic heterocycles. The molecular formula is C20H22N2O2S. The Morgan fingerprint density at radius 1 is 1.08 bits per heavy atom. The van der Waals surface area contributed by atoms with Crippen LogP contribution >= 0.6 is 11.3 Å². The van der Waals surface area contributed by atoms with E-state index in [-0.39, 0.29) is 24.5 Å². The highest BCUT2D eigenvalue weighted by Crippen LogP contribution is 2.17. The van der Waals surface area contributed by atoms with E-state index in [2.05, 4.69) is 34.3 Å². The number of rotatable bonds is 8. The van der Waals surface area contributed by atoms with Crippen LogP contribution in [-0.2, 0) is 11.3 Å². The van der Waals surface area contributed by atoms with E-state index in [1.807, 2.05) is 31.2 Å². The summed E-state index contributed by atoms with van der Waals surface area (Å²) >= 11 is 1.48. The SMILES string of the molecule is Cc1ccc(C(=O)CCC(=O)NCCCn2ccc3ccccc32)s1. The summed E-state index contributed by atoms with van der Waals surface area (Å²) in [6.45, 7) is 3.46. The van der Waals surface area contributed by atoms with Crippen LogP contribution in [0.3, 0.4) is 0 Å². The number of para-hydroxylation sites is 1. The minimum absolute atomic E-state index is 0.0482. The Labute approximate surface area is 151 Å². The number of Topliss-reactive ketones (excluding diaryl/α,β-unsaturated/α-hetero) is 1. The number of benzene rings is 1. The quantitative estimate of drug-likeness (QED) is 0.487. The number of hydrogen-bond acceptors (Lipinski definition) is 3. The molecule has 0 saturated carbocycles. The van der Waals surface area contributed by atoms with E-state index >= 15 is 0 Å². The average molecular weight is 354 g/mol. The lowest BCUT2D eigenvalue weighted by atomic mass is 10.2. The van der Waals surface area contributed by atoms with Crippen LogP contribution in [0.15, 0.2) is 48.7 Å². The molecule has 0 atom stereocenters. The molecule has 0 aliphatic heterocycles. The molecule has 5 heteroatoms. The smallest absolute Gasteiger partial charge is 0.220 e. The van der Waals surface area contributed by atoms with Crippen LogP contribution < -0.4 is 5.32 Å². The molecule has 0 unspecified atom stereocenters. The third kappa shape index (κ3) is 4.57. The van der Waals surface area contributed by atoms with Gasteiger partial charge in [0.2, 0.25) is 5.91 Å². The first-order valence-electron chi connectivity index (χ1n) is 8.54. The first kappa shape index (κ1) is 17.4. The first-order valence-corrected chi connectivity index (χ1v) is 9.35. The molecule has 1 amide bonds. The topological polar surface area (TPSA) is 51.1 Å². The Morgan fingerprint density at radius 3 is 2.72 bits per heavy atom. The van der Waals surface area contributed by atoms with Gasteiger partial charge in [-0.15, -0.1) is 11.3 Å². The Morgan fingerprint density at radius 2 is 1.92 bits per heavy atom. The Kier molecular flexibility index (Phi) is 5.66. The summed E-state index contributed by atoms with van der Waals surface area (Å²) in [5, 5.41) is 4.13. The van der Waals surface area contributed by atoms with Gasteiger partial charge in [-0.3, -0.25) is 9.59 Å².